The van der Waals surface area contributed by atoms with Gasteiger partial charge < -0.3 is 9.73 Å². The lowest BCUT2D eigenvalue weighted by Gasteiger charge is -2.08. The summed E-state index contributed by atoms with van der Waals surface area (Å²) in [6, 6.07) is 14.6. The average Bonchev–Trinajstić information content (AvgIpc) is 3.55. The number of carbonyl (C=O) groups excluding carboxylic acids is 1. The molecular weight excluding hydrogens is 505 g/mol. The Morgan fingerprint density at radius 2 is 2.00 bits per heavy atom. The minimum atomic E-state index is -0.279. The Hall–Kier alpha value is -3.46. The van der Waals surface area contributed by atoms with E-state index in [9.17, 15) is 4.79 Å². The second-order valence-corrected chi connectivity index (χ2v) is 9.55. The number of hydrogen-bond donors (Lipinski definition) is 1. The van der Waals surface area contributed by atoms with E-state index in [1.807, 2.05) is 32.0 Å². The number of aryl methyl sites for hydroxylation is 2. The van der Waals surface area contributed by atoms with Crippen LogP contribution in [0.1, 0.15) is 24.1 Å². The first-order valence-electron chi connectivity index (χ1n) is 10.8. The van der Waals surface area contributed by atoms with Crippen molar-refractivity contribution in [3.05, 3.63) is 81.8 Å². The Bertz CT molecular complexity index is 1580. The molecular formula is C25H19Cl2N5O2S. The largest absolute Gasteiger partial charge is 0.457 e. The summed E-state index contributed by atoms with van der Waals surface area (Å²) in [7, 11) is 0. The minimum Gasteiger partial charge on any atom is -0.457 e. The molecule has 176 valence electrons. The molecule has 0 radical (unpaired) electrons. The summed E-state index contributed by atoms with van der Waals surface area (Å²) in [5, 5.41) is 17.7. The fourth-order valence-electron chi connectivity index (χ4n) is 3.49. The number of aromatic nitrogens is 4. The van der Waals surface area contributed by atoms with E-state index in [0.717, 1.165) is 38.9 Å². The third kappa shape index (κ3) is 4.86. The molecule has 2 aromatic carbocycles. The van der Waals surface area contributed by atoms with Crippen LogP contribution in [0.15, 0.2) is 59.0 Å². The maximum atomic E-state index is 12.6. The van der Waals surface area contributed by atoms with Crippen LogP contribution in [-0.2, 0) is 11.2 Å². The number of furan rings is 1. The van der Waals surface area contributed by atoms with Crippen LogP contribution < -0.4 is 5.32 Å². The molecule has 0 fully saturated rings. The summed E-state index contributed by atoms with van der Waals surface area (Å²) in [4.78, 5) is 13.4. The molecule has 5 rings (SSSR count). The number of fused-ring (bicyclic) bond motifs is 1. The summed E-state index contributed by atoms with van der Waals surface area (Å²) in [5.74, 6) is 1.65. The van der Waals surface area contributed by atoms with Gasteiger partial charge in [-0.25, -0.2) is 0 Å². The Morgan fingerprint density at radius 3 is 2.80 bits per heavy atom. The van der Waals surface area contributed by atoms with Crippen molar-refractivity contribution in [3.63, 3.8) is 0 Å². The van der Waals surface area contributed by atoms with Crippen molar-refractivity contribution >= 4 is 57.2 Å². The molecule has 1 N–H and O–H groups in total. The van der Waals surface area contributed by atoms with Gasteiger partial charge in [-0.1, -0.05) is 53.6 Å². The van der Waals surface area contributed by atoms with Gasteiger partial charge in [0, 0.05) is 34.3 Å². The molecule has 0 aliphatic heterocycles. The van der Waals surface area contributed by atoms with Crippen LogP contribution in [0.25, 0.3) is 32.9 Å². The molecule has 3 aromatic heterocycles. The first-order chi connectivity index (χ1) is 16.9. The van der Waals surface area contributed by atoms with Crippen LogP contribution in [0.3, 0.4) is 0 Å². The smallest absolute Gasteiger partial charge is 0.248 e. The van der Waals surface area contributed by atoms with Crippen molar-refractivity contribution in [2.24, 2.45) is 0 Å². The van der Waals surface area contributed by atoms with Crippen LogP contribution in [0, 0.1) is 6.92 Å². The Labute approximate surface area is 215 Å². The molecule has 3 heterocycles. The van der Waals surface area contributed by atoms with Crippen molar-refractivity contribution in [3.8, 4) is 21.9 Å². The third-order valence-corrected chi connectivity index (χ3v) is 6.83. The maximum Gasteiger partial charge on any atom is 0.248 e. The second-order valence-electron chi connectivity index (χ2n) is 7.75. The summed E-state index contributed by atoms with van der Waals surface area (Å²) in [6.45, 7) is 3.95. The quantitative estimate of drug-likeness (QED) is 0.243. The van der Waals surface area contributed by atoms with Gasteiger partial charge in [0.25, 0.3) is 0 Å². The highest BCUT2D eigenvalue weighted by Gasteiger charge is 2.14. The van der Waals surface area contributed by atoms with Crippen molar-refractivity contribution in [2.45, 2.75) is 20.3 Å². The molecule has 0 unspecified atom stereocenters. The fourth-order valence-corrected chi connectivity index (χ4v) is 4.85. The lowest BCUT2D eigenvalue weighted by atomic mass is 10.1. The molecule has 1 amide bonds. The zero-order valence-corrected chi connectivity index (χ0v) is 21.1. The number of hydrogen-bond acceptors (Lipinski definition) is 6. The normalized spacial score (nSPS) is 11.5. The summed E-state index contributed by atoms with van der Waals surface area (Å²) >= 11 is 13.7. The second kappa shape index (κ2) is 9.65. The first kappa shape index (κ1) is 23.3. The standard InChI is InChI=1S/C25H19Cl2N5O2S/c1-3-22-29-30-25-32(22)31-24(35-25)15-5-4-14(2)20(12-15)28-23(33)11-8-17-7-10-21(34-17)18-9-6-16(26)13-19(18)27/h4-13H,3H2,1-2H3,(H,28,33). The van der Waals surface area contributed by atoms with E-state index >= 15 is 0 Å². The van der Waals surface area contributed by atoms with Gasteiger partial charge in [0.15, 0.2) is 5.82 Å². The van der Waals surface area contributed by atoms with E-state index in [0.29, 0.717) is 27.3 Å². The van der Waals surface area contributed by atoms with Gasteiger partial charge in [0.1, 0.15) is 16.5 Å². The van der Waals surface area contributed by atoms with Gasteiger partial charge in [0.2, 0.25) is 10.9 Å². The van der Waals surface area contributed by atoms with E-state index in [-0.39, 0.29) is 5.91 Å². The maximum absolute atomic E-state index is 12.6. The van der Waals surface area contributed by atoms with Gasteiger partial charge in [-0.15, -0.1) is 10.2 Å². The van der Waals surface area contributed by atoms with E-state index in [2.05, 4.69) is 20.6 Å². The highest BCUT2D eigenvalue weighted by Crippen LogP contribution is 2.32. The minimum absolute atomic E-state index is 0.279. The molecule has 0 aliphatic rings. The van der Waals surface area contributed by atoms with E-state index in [4.69, 9.17) is 27.6 Å². The number of amides is 1. The average molecular weight is 524 g/mol. The fraction of sp³-hybridized carbons (Fsp3) is 0.120. The van der Waals surface area contributed by atoms with Crippen LogP contribution in [0.5, 0.6) is 0 Å². The Morgan fingerprint density at radius 1 is 1.14 bits per heavy atom. The van der Waals surface area contributed by atoms with E-state index < -0.39 is 0 Å². The SMILES string of the molecule is CCc1nnc2sc(-c3ccc(C)c(NC(=O)C=Cc4ccc(-c5ccc(Cl)cc5Cl)o4)c3)nn12. The molecule has 0 spiro atoms. The zero-order chi connectivity index (χ0) is 24.5. The number of benzene rings is 2. The van der Waals surface area contributed by atoms with Crippen molar-refractivity contribution < 1.29 is 9.21 Å². The first-order valence-corrected chi connectivity index (χ1v) is 12.3. The highest BCUT2D eigenvalue weighted by molar-refractivity contribution is 7.19. The summed E-state index contributed by atoms with van der Waals surface area (Å²) in [6.07, 6.45) is 3.78. The van der Waals surface area contributed by atoms with Gasteiger partial charge in [-0.05, 0) is 55.0 Å². The number of nitrogens with one attached hydrogen (secondary N) is 1. The van der Waals surface area contributed by atoms with E-state index in [1.54, 1.807) is 40.9 Å². The molecule has 5 aromatic rings. The summed E-state index contributed by atoms with van der Waals surface area (Å²) in [5.41, 5.74) is 3.25. The van der Waals surface area contributed by atoms with Gasteiger partial charge >= 0.3 is 0 Å². The third-order valence-electron chi connectivity index (χ3n) is 5.34. The van der Waals surface area contributed by atoms with Gasteiger partial charge in [0.05, 0.1) is 5.02 Å². The van der Waals surface area contributed by atoms with Crippen molar-refractivity contribution in [2.75, 3.05) is 5.32 Å². The number of halogens is 2. The Balaban J connectivity index is 1.32. The van der Waals surface area contributed by atoms with Crippen LogP contribution in [-0.4, -0.2) is 25.7 Å². The van der Waals surface area contributed by atoms with Gasteiger partial charge in [-0.3, -0.25) is 4.79 Å². The molecule has 7 nitrogen and oxygen atoms in total. The van der Waals surface area contributed by atoms with Crippen LogP contribution in [0.2, 0.25) is 10.0 Å². The number of anilines is 1. The molecule has 10 heteroatoms. The topological polar surface area (TPSA) is 85.3 Å². The predicted molar refractivity (Wildman–Crippen MR) is 140 cm³/mol. The number of carbonyl (C=O) groups is 1. The highest BCUT2D eigenvalue weighted by atomic mass is 35.5. The Kier molecular flexibility index (Phi) is 6.42. The predicted octanol–water partition coefficient (Wildman–Crippen LogP) is 6.94. The van der Waals surface area contributed by atoms with Crippen molar-refractivity contribution in [1.29, 1.82) is 0 Å². The molecule has 0 bridgehead atoms. The molecule has 0 atom stereocenters. The van der Waals surface area contributed by atoms with Crippen LogP contribution in [0.4, 0.5) is 5.69 Å². The van der Waals surface area contributed by atoms with E-state index in [1.165, 1.54) is 17.4 Å². The lowest BCUT2D eigenvalue weighted by molar-refractivity contribution is -0.111. The monoisotopic (exact) mass is 523 g/mol. The van der Waals surface area contributed by atoms with Crippen LogP contribution >= 0.6 is 34.5 Å². The lowest BCUT2D eigenvalue weighted by Crippen LogP contribution is -2.09. The van der Waals surface area contributed by atoms with Gasteiger partial charge in [-0.2, -0.15) is 9.61 Å². The molecule has 0 aliphatic carbocycles. The zero-order valence-electron chi connectivity index (χ0n) is 18.8. The molecule has 0 saturated heterocycles. The van der Waals surface area contributed by atoms with Crippen molar-refractivity contribution in [1.82, 2.24) is 19.8 Å². The number of nitrogens with zero attached hydrogens (tertiary/aromatic N) is 4. The number of rotatable bonds is 6. The summed E-state index contributed by atoms with van der Waals surface area (Å²) < 4.78 is 7.58. The molecule has 35 heavy (non-hydrogen) atoms. The molecule has 0 saturated carbocycles.